The van der Waals surface area contributed by atoms with Gasteiger partial charge in [0.2, 0.25) is 11.8 Å². The van der Waals surface area contributed by atoms with Crippen LogP contribution in [-0.2, 0) is 22.7 Å². The molecule has 3 aromatic rings. The van der Waals surface area contributed by atoms with Crippen molar-refractivity contribution in [2.45, 2.75) is 32.9 Å². The molecule has 0 radical (unpaired) electrons. The number of carbonyl (C=O) groups excluding carboxylic acids is 2. The van der Waals surface area contributed by atoms with Gasteiger partial charge in [0, 0.05) is 43.8 Å². The highest BCUT2D eigenvalue weighted by Gasteiger charge is 2.30. The molecule has 2 aromatic heterocycles. The molecule has 4 rings (SSSR count). The van der Waals surface area contributed by atoms with Gasteiger partial charge in [-0.1, -0.05) is 18.2 Å². The first-order chi connectivity index (χ1) is 14.6. The highest BCUT2D eigenvalue weighted by molar-refractivity contribution is 5.83. The molecule has 0 bridgehead atoms. The number of nitrogens with zero attached hydrogens (tertiary/aromatic N) is 4. The minimum atomic E-state index is -0.195. The second-order valence-electron chi connectivity index (χ2n) is 7.56. The minimum Gasteiger partial charge on any atom is -0.352 e. The number of piperidine rings is 1. The Morgan fingerprint density at radius 1 is 1.13 bits per heavy atom. The van der Waals surface area contributed by atoms with Gasteiger partial charge in [0.25, 0.3) is 0 Å². The van der Waals surface area contributed by atoms with Crippen LogP contribution < -0.4 is 5.32 Å². The lowest BCUT2D eigenvalue weighted by molar-refractivity contribution is -0.139. The smallest absolute Gasteiger partial charge is 0.225 e. The molecule has 0 saturated carbocycles. The number of likely N-dealkylation sites (tertiary alicyclic amines) is 1. The van der Waals surface area contributed by atoms with Gasteiger partial charge in [-0.3, -0.25) is 14.6 Å². The summed E-state index contributed by atoms with van der Waals surface area (Å²) in [5.74, 6) is 0.801. The Bertz CT molecular complexity index is 1010. The monoisotopic (exact) mass is 403 g/mol. The van der Waals surface area contributed by atoms with Gasteiger partial charge in [0.1, 0.15) is 5.82 Å². The van der Waals surface area contributed by atoms with E-state index in [2.05, 4.69) is 15.3 Å². The van der Waals surface area contributed by atoms with Crippen LogP contribution in [-0.4, -0.2) is 37.8 Å². The summed E-state index contributed by atoms with van der Waals surface area (Å²) in [4.78, 5) is 35.2. The van der Waals surface area contributed by atoms with Gasteiger partial charge in [0.15, 0.2) is 0 Å². The molecular formula is C23H25N5O2. The molecule has 0 unspecified atom stereocenters. The van der Waals surface area contributed by atoms with Crippen LogP contribution in [0.1, 0.15) is 29.9 Å². The molecule has 1 fully saturated rings. The number of aromatic nitrogens is 3. The summed E-state index contributed by atoms with van der Waals surface area (Å²) < 4.78 is 2.01. The first-order valence-corrected chi connectivity index (χ1v) is 10.1. The fourth-order valence-electron chi connectivity index (χ4n) is 3.73. The zero-order valence-corrected chi connectivity index (χ0v) is 17.0. The standard InChI is InChI=1S/C23H25N5O2/c1-17-24-12-13-28(17)21-8-5-18(6-9-21)14-26-23(30)19-7-10-22(29)27(15-19)16-20-4-2-3-11-25-20/h2-6,8-9,11-13,19H,7,10,14-16H2,1H3,(H,26,30)/t19-/m1/s1. The summed E-state index contributed by atoms with van der Waals surface area (Å²) in [5.41, 5.74) is 2.90. The number of imidazole rings is 1. The van der Waals surface area contributed by atoms with Gasteiger partial charge in [0.05, 0.1) is 18.2 Å². The second kappa shape index (κ2) is 8.90. The molecule has 0 aliphatic carbocycles. The number of pyridine rings is 1. The predicted octanol–water partition coefficient (Wildman–Crippen LogP) is 2.63. The SMILES string of the molecule is Cc1nccn1-c1ccc(CNC(=O)[C@@H]2CCC(=O)N(Cc3ccccn3)C2)cc1. The van der Waals surface area contributed by atoms with E-state index in [4.69, 9.17) is 0 Å². The maximum Gasteiger partial charge on any atom is 0.225 e. The lowest BCUT2D eigenvalue weighted by Crippen LogP contribution is -2.45. The van der Waals surface area contributed by atoms with E-state index < -0.39 is 0 Å². The number of nitrogens with one attached hydrogen (secondary N) is 1. The fourth-order valence-corrected chi connectivity index (χ4v) is 3.73. The van der Waals surface area contributed by atoms with Gasteiger partial charge in [-0.2, -0.15) is 0 Å². The third-order valence-electron chi connectivity index (χ3n) is 5.46. The number of rotatable bonds is 6. The molecule has 7 nitrogen and oxygen atoms in total. The average Bonchev–Trinajstić information content (AvgIpc) is 3.20. The summed E-state index contributed by atoms with van der Waals surface area (Å²) in [6, 6.07) is 13.7. The number of amides is 2. The fraction of sp³-hybridized carbons (Fsp3) is 0.304. The van der Waals surface area contributed by atoms with E-state index in [1.807, 2.05) is 60.2 Å². The zero-order valence-electron chi connectivity index (χ0n) is 17.0. The van der Waals surface area contributed by atoms with E-state index in [1.54, 1.807) is 17.3 Å². The first-order valence-electron chi connectivity index (χ1n) is 10.1. The molecular weight excluding hydrogens is 378 g/mol. The minimum absolute atomic E-state index is 0.0111. The van der Waals surface area contributed by atoms with E-state index in [0.717, 1.165) is 22.8 Å². The van der Waals surface area contributed by atoms with E-state index in [0.29, 0.717) is 32.5 Å². The Labute approximate surface area is 175 Å². The second-order valence-corrected chi connectivity index (χ2v) is 7.56. The zero-order chi connectivity index (χ0) is 20.9. The van der Waals surface area contributed by atoms with E-state index in [-0.39, 0.29) is 17.7 Å². The Kier molecular flexibility index (Phi) is 5.88. The van der Waals surface area contributed by atoms with E-state index >= 15 is 0 Å². The normalized spacial score (nSPS) is 16.5. The first kappa shape index (κ1) is 19.8. The van der Waals surface area contributed by atoms with Crippen molar-refractivity contribution in [2.24, 2.45) is 5.92 Å². The van der Waals surface area contributed by atoms with Crippen molar-refractivity contribution in [3.63, 3.8) is 0 Å². The topological polar surface area (TPSA) is 80.1 Å². The van der Waals surface area contributed by atoms with Crippen LogP contribution in [0.15, 0.2) is 61.1 Å². The highest BCUT2D eigenvalue weighted by atomic mass is 16.2. The third-order valence-corrected chi connectivity index (χ3v) is 5.46. The third kappa shape index (κ3) is 4.56. The molecule has 30 heavy (non-hydrogen) atoms. The van der Waals surface area contributed by atoms with Crippen LogP contribution in [0.25, 0.3) is 5.69 Å². The maximum atomic E-state index is 12.7. The van der Waals surface area contributed by atoms with Crippen LogP contribution in [0.4, 0.5) is 0 Å². The van der Waals surface area contributed by atoms with Gasteiger partial charge < -0.3 is 14.8 Å². The van der Waals surface area contributed by atoms with Crippen LogP contribution in [0.2, 0.25) is 0 Å². The van der Waals surface area contributed by atoms with Gasteiger partial charge in [-0.25, -0.2) is 4.98 Å². The van der Waals surface area contributed by atoms with Crippen molar-refractivity contribution in [3.05, 3.63) is 78.1 Å². The molecule has 1 N–H and O–H groups in total. The van der Waals surface area contributed by atoms with Crippen LogP contribution in [0, 0.1) is 12.8 Å². The molecule has 154 valence electrons. The molecule has 1 saturated heterocycles. The van der Waals surface area contributed by atoms with Crippen molar-refractivity contribution in [1.29, 1.82) is 0 Å². The van der Waals surface area contributed by atoms with Crippen LogP contribution >= 0.6 is 0 Å². The quantitative estimate of drug-likeness (QED) is 0.686. The van der Waals surface area contributed by atoms with Crippen LogP contribution in [0.5, 0.6) is 0 Å². The highest BCUT2D eigenvalue weighted by Crippen LogP contribution is 2.20. The number of hydrogen-bond acceptors (Lipinski definition) is 4. The molecule has 2 amide bonds. The molecule has 7 heteroatoms. The molecule has 1 aliphatic heterocycles. The van der Waals surface area contributed by atoms with Crippen molar-refractivity contribution >= 4 is 11.8 Å². The van der Waals surface area contributed by atoms with Crippen molar-refractivity contribution in [2.75, 3.05) is 6.54 Å². The van der Waals surface area contributed by atoms with Gasteiger partial charge in [-0.05, 0) is 43.2 Å². The van der Waals surface area contributed by atoms with Crippen molar-refractivity contribution in [3.8, 4) is 5.69 Å². The molecule has 0 spiro atoms. The summed E-state index contributed by atoms with van der Waals surface area (Å²) in [7, 11) is 0. The predicted molar refractivity (Wildman–Crippen MR) is 113 cm³/mol. The molecule has 1 atom stereocenters. The molecule has 1 aliphatic rings. The summed E-state index contributed by atoms with van der Waals surface area (Å²) in [6.45, 7) is 3.30. The number of carbonyl (C=O) groups is 2. The lowest BCUT2D eigenvalue weighted by Gasteiger charge is -2.31. The summed E-state index contributed by atoms with van der Waals surface area (Å²) in [5, 5.41) is 3.02. The Morgan fingerprint density at radius 2 is 1.97 bits per heavy atom. The Balaban J connectivity index is 1.32. The maximum absolute atomic E-state index is 12.7. The summed E-state index contributed by atoms with van der Waals surface area (Å²) >= 11 is 0. The largest absolute Gasteiger partial charge is 0.352 e. The van der Waals surface area contributed by atoms with Crippen molar-refractivity contribution in [1.82, 2.24) is 24.8 Å². The Morgan fingerprint density at radius 3 is 2.67 bits per heavy atom. The summed E-state index contributed by atoms with van der Waals surface area (Å²) in [6.07, 6.45) is 6.39. The Hall–Kier alpha value is -3.48. The number of benzene rings is 1. The van der Waals surface area contributed by atoms with E-state index in [9.17, 15) is 9.59 Å². The van der Waals surface area contributed by atoms with Gasteiger partial charge >= 0.3 is 0 Å². The van der Waals surface area contributed by atoms with Gasteiger partial charge in [-0.15, -0.1) is 0 Å². The molecule has 1 aromatic carbocycles. The average molecular weight is 403 g/mol. The number of aryl methyl sites for hydroxylation is 1. The van der Waals surface area contributed by atoms with E-state index in [1.165, 1.54) is 0 Å². The van der Waals surface area contributed by atoms with Crippen molar-refractivity contribution < 1.29 is 9.59 Å². The molecule has 3 heterocycles. The van der Waals surface area contributed by atoms with Crippen LogP contribution in [0.3, 0.4) is 0 Å². The number of hydrogen-bond donors (Lipinski definition) is 1. The lowest BCUT2D eigenvalue weighted by atomic mass is 9.96.